The van der Waals surface area contributed by atoms with Crippen LogP contribution in [0.3, 0.4) is 0 Å². The van der Waals surface area contributed by atoms with Crippen molar-refractivity contribution in [1.82, 2.24) is 10.2 Å². The summed E-state index contributed by atoms with van der Waals surface area (Å²) in [6, 6.07) is 12.2. The molecule has 1 saturated heterocycles. The highest BCUT2D eigenvalue weighted by molar-refractivity contribution is 5.94. The molecule has 1 aliphatic heterocycles. The molecule has 1 fully saturated rings. The zero-order valence-electron chi connectivity index (χ0n) is 12.8. The summed E-state index contributed by atoms with van der Waals surface area (Å²) < 4.78 is 18.9. The average Bonchev–Trinajstić information content (AvgIpc) is 2.57. The number of para-hydroxylation sites is 2. The lowest BCUT2D eigenvalue weighted by Gasteiger charge is -2.27. The van der Waals surface area contributed by atoms with Crippen LogP contribution in [0, 0.1) is 5.82 Å². The van der Waals surface area contributed by atoms with Gasteiger partial charge in [-0.3, -0.25) is 4.79 Å². The molecular weight excluding hydrogens is 313 g/mol. The van der Waals surface area contributed by atoms with E-state index in [1.54, 1.807) is 30.3 Å². The molecule has 2 N–H and O–H groups in total. The van der Waals surface area contributed by atoms with Crippen LogP contribution in [-0.2, 0) is 4.79 Å². The lowest BCUT2D eigenvalue weighted by atomic mass is 10.3. The van der Waals surface area contributed by atoms with E-state index in [9.17, 15) is 14.0 Å². The standard InChI is InChI=1S/C17H16FN3O3/c18-12-4-3-5-13(10-12)24-15-7-2-1-6-14(15)20-17(23)21-9-8-19-16(22)11-21/h1-7,10H,8-9,11H2,(H,19,22)(H,20,23). The molecule has 0 saturated carbocycles. The molecule has 3 amide bonds. The third-order valence-corrected chi connectivity index (χ3v) is 3.48. The Morgan fingerprint density at radius 2 is 2.04 bits per heavy atom. The van der Waals surface area contributed by atoms with Crippen LogP contribution >= 0.6 is 0 Å². The van der Waals surface area contributed by atoms with Gasteiger partial charge in [-0.05, 0) is 24.3 Å². The van der Waals surface area contributed by atoms with Gasteiger partial charge < -0.3 is 20.3 Å². The topological polar surface area (TPSA) is 70.7 Å². The van der Waals surface area contributed by atoms with E-state index in [-0.39, 0.29) is 18.5 Å². The molecule has 0 atom stereocenters. The molecule has 0 spiro atoms. The summed E-state index contributed by atoms with van der Waals surface area (Å²) >= 11 is 0. The normalized spacial score (nSPS) is 14.0. The van der Waals surface area contributed by atoms with Crippen LogP contribution in [0.5, 0.6) is 11.5 Å². The molecule has 0 unspecified atom stereocenters. The van der Waals surface area contributed by atoms with Crippen molar-refractivity contribution < 1.29 is 18.7 Å². The molecule has 124 valence electrons. The second-order valence-electron chi connectivity index (χ2n) is 5.26. The lowest BCUT2D eigenvalue weighted by molar-refractivity contribution is -0.123. The molecule has 0 aliphatic carbocycles. The van der Waals surface area contributed by atoms with Crippen LogP contribution in [0.2, 0.25) is 0 Å². The smallest absolute Gasteiger partial charge is 0.322 e. The predicted octanol–water partition coefficient (Wildman–Crippen LogP) is 2.58. The van der Waals surface area contributed by atoms with Crippen molar-refractivity contribution in [2.75, 3.05) is 25.0 Å². The van der Waals surface area contributed by atoms with Gasteiger partial charge in [-0.15, -0.1) is 0 Å². The highest BCUT2D eigenvalue weighted by atomic mass is 19.1. The van der Waals surface area contributed by atoms with E-state index in [1.807, 2.05) is 0 Å². The molecule has 1 heterocycles. The number of anilines is 1. The predicted molar refractivity (Wildman–Crippen MR) is 86.5 cm³/mol. The van der Waals surface area contributed by atoms with Crippen LogP contribution < -0.4 is 15.4 Å². The first kappa shape index (κ1) is 15.8. The second kappa shape index (κ2) is 6.99. The van der Waals surface area contributed by atoms with Crippen LogP contribution in [0.15, 0.2) is 48.5 Å². The molecule has 2 aromatic rings. The fourth-order valence-electron chi connectivity index (χ4n) is 2.32. The first-order valence-corrected chi connectivity index (χ1v) is 7.47. The van der Waals surface area contributed by atoms with E-state index < -0.39 is 5.82 Å². The summed E-state index contributed by atoms with van der Waals surface area (Å²) in [6.45, 7) is 0.872. The molecule has 0 aromatic heterocycles. The summed E-state index contributed by atoms with van der Waals surface area (Å²) in [7, 11) is 0. The molecule has 1 aliphatic rings. The van der Waals surface area contributed by atoms with Gasteiger partial charge >= 0.3 is 6.03 Å². The first-order chi connectivity index (χ1) is 11.6. The number of rotatable bonds is 3. The van der Waals surface area contributed by atoms with Crippen LogP contribution in [0.1, 0.15) is 0 Å². The third-order valence-electron chi connectivity index (χ3n) is 3.48. The Bertz CT molecular complexity index is 766. The number of urea groups is 1. The summed E-state index contributed by atoms with van der Waals surface area (Å²) in [5.74, 6) is 0.112. The van der Waals surface area contributed by atoms with E-state index in [2.05, 4.69) is 10.6 Å². The zero-order valence-corrected chi connectivity index (χ0v) is 12.8. The maximum atomic E-state index is 13.3. The number of carbonyl (C=O) groups excluding carboxylic acids is 2. The Labute approximate surface area is 138 Å². The van der Waals surface area contributed by atoms with Gasteiger partial charge in [-0.2, -0.15) is 0 Å². The van der Waals surface area contributed by atoms with Gasteiger partial charge in [-0.1, -0.05) is 18.2 Å². The van der Waals surface area contributed by atoms with E-state index >= 15 is 0 Å². The van der Waals surface area contributed by atoms with Crippen molar-refractivity contribution in [1.29, 1.82) is 0 Å². The molecule has 3 rings (SSSR count). The molecule has 2 aromatic carbocycles. The molecular formula is C17H16FN3O3. The van der Waals surface area contributed by atoms with Crippen LogP contribution in [0.25, 0.3) is 0 Å². The number of carbonyl (C=O) groups is 2. The van der Waals surface area contributed by atoms with E-state index in [1.165, 1.54) is 23.1 Å². The van der Waals surface area contributed by atoms with Crippen LogP contribution in [0.4, 0.5) is 14.9 Å². The molecule has 24 heavy (non-hydrogen) atoms. The Morgan fingerprint density at radius 3 is 2.83 bits per heavy atom. The quantitative estimate of drug-likeness (QED) is 0.909. The highest BCUT2D eigenvalue weighted by Crippen LogP contribution is 2.29. The number of amides is 3. The molecule has 6 nitrogen and oxygen atoms in total. The first-order valence-electron chi connectivity index (χ1n) is 7.47. The fraction of sp³-hybridized carbons (Fsp3) is 0.176. The van der Waals surface area contributed by atoms with Crippen molar-refractivity contribution in [2.45, 2.75) is 0 Å². The lowest BCUT2D eigenvalue weighted by Crippen LogP contribution is -2.51. The van der Waals surface area contributed by atoms with Gasteiger partial charge in [0, 0.05) is 19.2 Å². The van der Waals surface area contributed by atoms with Gasteiger partial charge in [0.15, 0.2) is 5.75 Å². The Balaban J connectivity index is 1.74. The third kappa shape index (κ3) is 3.81. The summed E-state index contributed by atoms with van der Waals surface area (Å²) in [6.07, 6.45) is 0. The van der Waals surface area contributed by atoms with Gasteiger partial charge in [0.1, 0.15) is 18.1 Å². The number of hydrogen-bond donors (Lipinski definition) is 2. The number of hydrogen-bond acceptors (Lipinski definition) is 3. The van der Waals surface area contributed by atoms with Gasteiger partial charge in [0.05, 0.1) is 5.69 Å². The van der Waals surface area contributed by atoms with Gasteiger partial charge in [-0.25, -0.2) is 9.18 Å². The minimum atomic E-state index is -0.409. The SMILES string of the molecule is O=C1CN(C(=O)Nc2ccccc2Oc2cccc(F)c2)CCN1. The molecule has 7 heteroatoms. The fourth-order valence-corrected chi connectivity index (χ4v) is 2.32. The van der Waals surface area contributed by atoms with E-state index in [0.717, 1.165) is 0 Å². The van der Waals surface area contributed by atoms with Gasteiger partial charge in [0.25, 0.3) is 0 Å². The Hall–Kier alpha value is -3.09. The summed E-state index contributed by atoms with van der Waals surface area (Å²) in [5.41, 5.74) is 0.442. The summed E-state index contributed by atoms with van der Waals surface area (Å²) in [4.78, 5) is 25.1. The van der Waals surface area contributed by atoms with E-state index in [4.69, 9.17) is 4.74 Å². The number of ether oxygens (including phenoxy) is 1. The van der Waals surface area contributed by atoms with Crippen molar-refractivity contribution in [2.24, 2.45) is 0 Å². The number of benzene rings is 2. The minimum absolute atomic E-state index is 0.0127. The maximum absolute atomic E-state index is 13.3. The molecule has 0 radical (unpaired) electrons. The number of nitrogens with zero attached hydrogens (tertiary/aromatic N) is 1. The number of halogens is 1. The van der Waals surface area contributed by atoms with Gasteiger partial charge in [0.2, 0.25) is 5.91 Å². The summed E-state index contributed by atoms with van der Waals surface area (Å²) in [5, 5.41) is 5.38. The average molecular weight is 329 g/mol. The minimum Gasteiger partial charge on any atom is -0.455 e. The highest BCUT2D eigenvalue weighted by Gasteiger charge is 2.21. The number of nitrogens with one attached hydrogen (secondary N) is 2. The van der Waals surface area contributed by atoms with Crippen molar-refractivity contribution in [3.8, 4) is 11.5 Å². The van der Waals surface area contributed by atoms with E-state index in [0.29, 0.717) is 30.3 Å². The maximum Gasteiger partial charge on any atom is 0.322 e. The largest absolute Gasteiger partial charge is 0.455 e. The number of piperazine rings is 1. The monoisotopic (exact) mass is 329 g/mol. The zero-order chi connectivity index (χ0) is 16.9. The Morgan fingerprint density at radius 1 is 1.21 bits per heavy atom. The van der Waals surface area contributed by atoms with Crippen molar-refractivity contribution >= 4 is 17.6 Å². The molecule has 0 bridgehead atoms. The Kier molecular flexibility index (Phi) is 4.60. The second-order valence-corrected chi connectivity index (χ2v) is 5.26. The van der Waals surface area contributed by atoms with Crippen molar-refractivity contribution in [3.05, 3.63) is 54.3 Å². The van der Waals surface area contributed by atoms with Crippen LogP contribution in [-0.4, -0.2) is 36.5 Å². The van der Waals surface area contributed by atoms with Crippen molar-refractivity contribution in [3.63, 3.8) is 0 Å².